The monoisotopic (exact) mass is 450 g/mol. The lowest BCUT2D eigenvalue weighted by Crippen LogP contribution is -2.33. The Bertz CT molecular complexity index is 1270. The van der Waals surface area contributed by atoms with Gasteiger partial charge >= 0.3 is 5.97 Å². The molecule has 162 valence electrons. The molecule has 32 heavy (non-hydrogen) atoms. The molecule has 0 spiro atoms. The van der Waals surface area contributed by atoms with Crippen LogP contribution in [0, 0.1) is 0 Å². The molecule has 3 aromatic carbocycles. The Kier molecular flexibility index (Phi) is 5.85. The topological polar surface area (TPSA) is 110 Å². The van der Waals surface area contributed by atoms with Crippen LogP contribution in [-0.2, 0) is 21.3 Å². The molecule has 0 saturated carbocycles. The van der Waals surface area contributed by atoms with E-state index in [1.807, 2.05) is 6.07 Å². The number of nitrogens with one attached hydrogen (secondary N) is 1. The van der Waals surface area contributed by atoms with Crippen molar-refractivity contribution in [2.24, 2.45) is 0 Å². The molecule has 0 atom stereocenters. The summed E-state index contributed by atoms with van der Waals surface area (Å²) in [7, 11) is -3.88. The maximum absolute atomic E-state index is 12.6. The molecular formula is C23H18N2O6S. The summed E-state index contributed by atoms with van der Waals surface area (Å²) in [5.74, 6) is -1.97. The van der Waals surface area contributed by atoms with Crippen LogP contribution in [0.4, 0.5) is 0 Å². The Labute approximate surface area is 184 Å². The van der Waals surface area contributed by atoms with Crippen LogP contribution in [0.1, 0.15) is 36.6 Å². The van der Waals surface area contributed by atoms with Gasteiger partial charge in [-0.1, -0.05) is 48.5 Å². The van der Waals surface area contributed by atoms with Crippen LogP contribution < -0.4 is 4.72 Å². The molecule has 1 aliphatic rings. The van der Waals surface area contributed by atoms with E-state index in [1.54, 1.807) is 36.4 Å². The molecule has 0 aliphatic carbocycles. The molecule has 4 rings (SSSR count). The van der Waals surface area contributed by atoms with Crippen molar-refractivity contribution in [1.29, 1.82) is 0 Å². The Morgan fingerprint density at radius 3 is 2.12 bits per heavy atom. The summed E-state index contributed by atoms with van der Waals surface area (Å²) < 4.78 is 32.8. The van der Waals surface area contributed by atoms with Crippen molar-refractivity contribution in [2.75, 3.05) is 6.73 Å². The van der Waals surface area contributed by atoms with Crippen LogP contribution in [-0.4, -0.2) is 37.8 Å². The predicted octanol–water partition coefficient (Wildman–Crippen LogP) is 2.58. The van der Waals surface area contributed by atoms with Crippen molar-refractivity contribution in [2.45, 2.75) is 11.4 Å². The molecule has 1 aliphatic heterocycles. The first kappa shape index (κ1) is 21.4. The van der Waals surface area contributed by atoms with E-state index in [2.05, 4.69) is 4.72 Å². The molecular weight excluding hydrogens is 432 g/mol. The van der Waals surface area contributed by atoms with E-state index in [0.29, 0.717) is 0 Å². The standard InChI is InChI=1S/C23H18N2O6S/c26-21-19-11-4-5-12-20(19)22(27)25(21)15-31-23(28)17-9-6-10-18(13-17)32(29,30)24-14-16-7-2-1-3-8-16/h1-13,24H,14-15H2. The number of imide groups is 1. The Morgan fingerprint density at radius 2 is 1.47 bits per heavy atom. The number of nitrogens with zero attached hydrogens (tertiary/aromatic N) is 1. The average Bonchev–Trinajstić information content (AvgIpc) is 3.07. The van der Waals surface area contributed by atoms with E-state index in [1.165, 1.54) is 36.4 Å². The zero-order valence-electron chi connectivity index (χ0n) is 16.7. The van der Waals surface area contributed by atoms with Gasteiger partial charge in [-0.3, -0.25) is 9.59 Å². The lowest BCUT2D eigenvalue weighted by Gasteiger charge is -2.14. The minimum Gasteiger partial charge on any atom is -0.440 e. The molecule has 0 fully saturated rings. The number of sulfonamides is 1. The van der Waals surface area contributed by atoms with Gasteiger partial charge in [-0.15, -0.1) is 0 Å². The average molecular weight is 450 g/mol. The highest BCUT2D eigenvalue weighted by Gasteiger charge is 2.35. The zero-order chi connectivity index (χ0) is 22.7. The maximum Gasteiger partial charge on any atom is 0.339 e. The van der Waals surface area contributed by atoms with Gasteiger partial charge in [0.15, 0.2) is 6.73 Å². The second kappa shape index (κ2) is 8.74. The van der Waals surface area contributed by atoms with E-state index < -0.39 is 34.5 Å². The van der Waals surface area contributed by atoms with Gasteiger partial charge in [-0.2, -0.15) is 0 Å². The van der Waals surface area contributed by atoms with Crippen LogP contribution in [0.15, 0.2) is 83.8 Å². The second-order valence-corrected chi connectivity index (χ2v) is 8.75. The lowest BCUT2D eigenvalue weighted by atomic mass is 10.1. The molecule has 1 heterocycles. The SMILES string of the molecule is O=C(OCN1C(=O)c2ccccc2C1=O)c1cccc(S(=O)(=O)NCc2ccccc2)c1. The van der Waals surface area contributed by atoms with Crippen molar-refractivity contribution in [1.82, 2.24) is 9.62 Å². The third-order valence-corrected chi connectivity index (χ3v) is 6.29. The number of benzene rings is 3. The fraction of sp³-hybridized carbons (Fsp3) is 0.0870. The minimum absolute atomic E-state index is 0.0239. The number of hydrogen-bond donors (Lipinski definition) is 1. The summed E-state index contributed by atoms with van der Waals surface area (Å²) in [6.45, 7) is -0.480. The quantitative estimate of drug-likeness (QED) is 0.438. The Hall–Kier alpha value is -3.82. The number of carbonyl (C=O) groups is 3. The van der Waals surface area contributed by atoms with Crippen molar-refractivity contribution in [3.63, 3.8) is 0 Å². The minimum atomic E-state index is -3.88. The molecule has 8 nitrogen and oxygen atoms in total. The lowest BCUT2D eigenvalue weighted by molar-refractivity contribution is 0.0228. The van der Waals surface area contributed by atoms with Crippen LogP contribution in [0.3, 0.4) is 0 Å². The summed E-state index contributed by atoms with van der Waals surface area (Å²) in [5.41, 5.74) is 1.24. The molecule has 1 N–H and O–H groups in total. The number of fused-ring (bicyclic) bond motifs is 1. The van der Waals surface area contributed by atoms with E-state index in [9.17, 15) is 22.8 Å². The Morgan fingerprint density at radius 1 is 0.844 bits per heavy atom. The molecule has 3 aromatic rings. The summed E-state index contributed by atoms with van der Waals surface area (Å²) >= 11 is 0. The highest BCUT2D eigenvalue weighted by atomic mass is 32.2. The summed E-state index contributed by atoms with van der Waals surface area (Å²) in [4.78, 5) is 37.9. The highest BCUT2D eigenvalue weighted by molar-refractivity contribution is 7.89. The molecule has 9 heteroatoms. The third-order valence-electron chi connectivity index (χ3n) is 4.89. The first-order valence-corrected chi connectivity index (χ1v) is 11.1. The fourth-order valence-corrected chi connectivity index (χ4v) is 4.27. The van der Waals surface area contributed by atoms with E-state index >= 15 is 0 Å². The number of hydrogen-bond acceptors (Lipinski definition) is 6. The predicted molar refractivity (Wildman–Crippen MR) is 114 cm³/mol. The largest absolute Gasteiger partial charge is 0.440 e. The van der Waals surface area contributed by atoms with Crippen LogP contribution in [0.25, 0.3) is 0 Å². The van der Waals surface area contributed by atoms with Crippen LogP contribution in [0.5, 0.6) is 0 Å². The molecule has 0 saturated heterocycles. The smallest absolute Gasteiger partial charge is 0.339 e. The zero-order valence-corrected chi connectivity index (χ0v) is 17.5. The molecule has 0 aromatic heterocycles. The summed E-state index contributed by atoms with van der Waals surface area (Å²) in [6.07, 6.45) is 0. The maximum atomic E-state index is 12.6. The van der Waals surface area contributed by atoms with Gasteiger partial charge in [0.1, 0.15) is 0 Å². The molecule has 0 radical (unpaired) electrons. The van der Waals surface area contributed by atoms with E-state index in [-0.39, 0.29) is 28.1 Å². The normalized spacial score (nSPS) is 13.2. The first-order chi connectivity index (χ1) is 15.4. The van der Waals surface area contributed by atoms with Gasteiger partial charge in [0.25, 0.3) is 11.8 Å². The van der Waals surface area contributed by atoms with Gasteiger partial charge in [0.05, 0.1) is 21.6 Å². The van der Waals surface area contributed by atoms with E-state index in [4.69, 9.17) is 4.74 Å². The number of ether oxygens (including phenoxy) is 1. The van der Waals surface area contributed by atoms with Gasteiger partial charge < -0.3 is 4.74 Å². The number of amides is 2. The number of carbonyl (C=O) groups excluding carboxylic acids is 3. The van der Waals surface area contributed by atoms with E-state index in [0.717, 1.165) is 10.5 Å². The van der Waals surface area contributed by atoms with Gasteiger partial charge in [-0.05, 0) is 35.9 Å². The summed E-state index contributed by atoms with van der Waals surface area (Å²) in [6, 6.07) is 20.7. The first-order valence-electron chi connectivity index (χ1n) is 9.63. The Balaban J connectivity index is 1.42. The van der Waals surface area contributed by atoms with Crippen molar-refractivity contribution < 1.29 is 27.5 Å². The highest BCUT2D eigenvalue weighted by Crippen LogP contribution is 2.22. The number of rotatable bonds is 7. The van der Waals surface area contributed by atoms with Crippen LogP contribution >= 0.6 is 0 Å². The third kappa shape index (κ3) is 4.29. The van der Waals surface area contributed by atoms with Gasteiger partial charge in [0, 0.05) is 6.54 Å². The van der Waals surface area contributed by atoms with Crippen LogP contribution in [0.2, 0.25) is 0 Å². The summed E-state index contributed by atoms with van der Waals surface area (Å²) in [5, 5.41) is 0. The van der Waals surface area contributed by atoms with Crippen molar-refractivity contribution in [3.05, 3.63) is 101 Å². The van der Waals surface area contributed by atoms with Gasteiger partial charge in [-0.25, -0.2) is 22.8 Å². The number of esters is 1. The van der Waals surface area contributed by atoms with Crippen molar-refractivity contribution >= 4 is 27.8 Å². The molecule has 0 unspecified atom stereocenters. The van der Waals surface area contributed by atoms with Crippen molar-refractivity contribution in [3.8, 4) is 0 Å². The second-order valence-electron chi connectivity index (χ2n) is 6.98. The fourth-order valence-electron chi connectivity index (χ4n) is 3.21. The molecule has 0 bridgehead atoms. The molecule has 2 amide bonds. The van der Waals surface area contributed by atoms with Gasteiger partial charge in [0.2, 0.25) is 10.0 Å².